The number of amides is 2. The molecule has 4 heteroatoms. The van der Waals surface area contributed by atoms with Gasteiger partial charge in [0.2, 0.25) is 11.8 Å². The van der Waals surface area contributed by atoms with Gasteiger partial charge in [-0.05, 0) is 44.0 Å². The van der Waals surface area contributed by atoms with Crippen LogP contribution >= 0.6 is 0 Å². The molecule has 0 aliphatic heterocycles. The molecule has 0 aliphatic carbocycles. The van der Waals surface area contributed by atoms with Gasteiger partial charge in [0.25, 0.3) is 0 Å². The SMILES string of the molecule is CCN(Cc1ccccc1)C(=O)CC(=O)N(CC)c1cccc(C)c1. The first-order valence-electron chi connectivity index (χ1n) is 8.73. The van der Waals surface area contributed by atoms with Gasteiger partial charge >= 0.3 is 0 Å². The third-order valence-corrected chi connectivity index (χ3v) is 4.18. The Balaban J connectivity index is 2.05. The van der Waals surface area contributed by atoms with Crippen LogP contribution in [0.15, 0.2) is 54.6 Å². The third-order valence-electron chi connectivity index (χ3n) is 4.18. The fourth-order valence-corrected chi connectivity index (χ4v) is 2.82. The second-order valence-corrected chi connectivity index (χ2v) is 6.05. The van der Waals surface area contributed by atoms with E-state index in [9.17, 15) is 9.59 Å². The van der Waals surface area contributed by atoms with Crippen LogP contribution in [-0.2, 0) is 16.1 Å². The van der Waals surface area contributed by atoms with Gasteiger partial charge in [-0.1, -0.05) is 42.5 Å². The first-order valence-corrected chi connectivity index (χ1v) is 8.73. The molecule has 0 radical (unpaired) electrons. The molecule has 0 aliphatic rings. The quantitative estimate of drug-likeness (QED) is 0.721. The number of carbonyl (C=O) groups is 2. The molecule has 4 nitrogen and oxygen atoms in total. The normalized spacial score (nSPS) is 10.4. The van der Waals surface area contributed by atoms with Crippen molar-refractivity contribution in [3.8, 4) is 0 Å². The summed E-state index contributed by atoms with van der Waals surface area (Å²) in [5, 5.41) is 0. The van der Waals surface area contributed by atoms with E-state index in [1.165, 1.54) is 0 Å². The maximum Gasteiger partial charge on any atom is 0.236 e. The largest absolute Gasteiger partial charge is 0.338 e. The van der Waals surface area contributed by atoms with Crippen LogP contribution in [0.5, 0.6) is 0 Å². The van der Waals surface area contributed by atoms with E-state index in [-0.39, 0.29) is 18.2 Å². The molecule has 2 aromatic rings. The molecule has 0 saturated heterocycles. The summed E-state index contributed by atoms with van der Waals surface area (Å²) >= 11 is 0. The van der Waals surface area contributed by atoms with Crippen LogP contribution in [0, 0.1) is 6.92 Å². The maximum atomic E-state index is 12.6. The van der Waals surface area contributed by atoms with E-state index in [4.69, 9.17) is 0 Å². The van der Waals surface area contributed by atoms with Crippen molar-refractivity contribution >= 4 is 17.5 Å². The first-order chi connectivity index (χ1) is 12.0. The van der Waals surface area contributed by atoms with Gasteiger partial charge in [-0.2, -0.15) is 0 Å². The smallest absolute Gasteiger partial charge is 0.236 e. The molecule has 0 N–H and O–H groups in total. The van der Waals surface area contributed by atoms with Crippen LogP contribution in [0.4, 0.5) is 5.69 Å². The summed E-state index contributed by atoms with van der Waals surface area (Å²) in [4.78, 5) is 28.6. The van der Waals surface area contributed by atoms with Crippen molar-refractivity contribution < 1.29 is 9.59 Å². The molecule has 0 heterocycles. The minimum Gasteiger partial charge on any atom is -0.338 e. The van der Waals surface area contributed by atoms with Crippen LogP contribution in [0.3, 0.4) is 0 Å². The molecule has 2 aromatic carbocycles. The molecule has 0 aromatic heterocycles. The fraction of sp³-hybridized carbons (Fsp3) is 0.333. The zero-order valence-corrected chi connectivity index (χ0v) is 15.2. The summed E-state index contributed by atoms with van der Waals surface area (Å²) in [5.41, 5.74) is 3.00. The molecule has 0 spiro atoms. The predicted molar refractivity (Wildman–Crippen MR) is 101 cm³/mol. The second-order valence-electron chi connectivity index (χ2n) is 6.05. The zero-order chi connectivity index (χ0) is 18.2. The van der Waals surface area contributed by atoms with Gasteiger partial charge in [0.05, 0.1) is 0 Å². The highest BCUT2D eigenvalue weighted by atomic mass is 16.2. The van der Waals surface area contributed by atoms with Gasteiger partial charge in [-0.15, -0.1) is 0 Å². The van der Waals surface area contributed by atoms with Crippen LogP contribution in [-0.4, -0.2) is 29.8 Å². The molecule has 2 amide bonds. The van der Waals surface area contributed by atoms with Crippen molar-refractivity contribution in [2.45, 2.75) is 33.7 Å². The molecule has 25 heavy (non-hydrogen) atoms. The Kier molecular flexibility index (Phi) is 6.75. The molecule has 2 rings (SSSR count). The fourth-order valence-electron chi connectivity index (χ4n) is 2.82. The maximum absolute atomic E-state index is 12.6. The topological polar surface area (TPSA) is 40.6 Å². The van der Waals surface area contributed by atoms with E-state index in [1.54, 1.807) is 9.80 Å². The number of rotatable bonds is 7. The van der Waals surface area contributed by atoms with Gasteiger partial charge in [0, 0.05) is 25.3 Å². The van der Waals surface area contributed by atoms with Crippen molar-refractivity contribution in [3.63, 3.8) is 0 Å². The molecular formula is C21H26N2O2. The summed E-state index contributed by atoms with van der Waals surface area (Å²) in [7, 11) is 0. The number of hydrogen-bond donors (Lipinski definition) is 0. The van der Waals surface area contributed by atoms with E-state index < -0.39 is 0 Å². The Bertz CT molecular complexity index is 713. The summed E-state index contributed by atoms with van der Waals surface area (Å²) in [5.74, 6) is -0.299. The monoisotopic (exact) mass is 338 g/mol. The number of aryl methyl sites for hydroxylation is 1. The Morgan fingerprint density at radius 3 is 2.20 bits per heavy atom. The van der Waals surface area contributed by atoms with Gasteiger partial charge in [0.15, 0.2) is 0 Å². The van der Waals surface area contributed by atoms with Gasteiger partial charge < -0.3 is 9.80 Å². The van der Waals surface area contributed by atoms with Crippen molar-refractivity contribution in [2.24, 2.45) is 0 Å². The number of carbonyl (C=O) groups excluding carboxylic acids is 2. The lowest BCUT2D eigenvalue weighted by Gasteiger charge is -2.24. The van der Waals surface area contributed by atoms with Crippen LogP contribution in [0.1, 0.15) is 31.4 Å². The van der Waals surface area contributed by atoms with E-state index in [0.717, 1.165) is 16.8 Å². The number of benzene rings is 2. The van der Waals surface area contributed by atoms with Crippen molar-refractivity contribution in [3.05, 3.63) is 65.7 Å². The molecule has 0 fully saturated rings. The number of nitrogens with zero attached hydrogens (tertiary/aromatic N) is 2. The Hall–Kier alpha value is -2.62. The minimum atomic E-state index is -0.162. The van der Waals surface area contributed by atoms with E-state index >= 15 is 0 Å². The highest BCUT2D eigenvalue weighted by Gasteiger charge is 2.21. The van der Waals surface area contributed by atoms with Crippen LogP contribution in [0.25, 0.3) is 0 Å². The first kappa shape index (κ1) is 18.7. The molecule has 0 unspecified atom stereocenters. The average molecular weight is 338 g/mol. The number of anilines is 1. The van der Waals surface area contributed by atoms with Gasteiger partial charge in [-0.3, -0.25) is 9.59 Å². The number of hydrogen-bond acceptors (Lipinski definition) is 2. The Labute approximate surface area is 150 Å². The van der Waals surface area contributed by atoms with Crippen LogP contribution in [0.2, 0.25) is 0 Å². The Morgan fingerprint density at radius 2 is 1.60 bits per heavy atom. The van der Waals surface area contributed by atoms with E-state index in [0.29, 0.717) is 19.6 Å². The lowest BCUT2D eigenvalue weighted by atomic mass is 10.2. The average Bonchev–Trinajstić information content (AvgIpc) is 2.61. The lowest BCUT2D eigenvalue weighted by molar-refractivity contribution is -0.135. The molecule has 132 valence electrons. The zero-order valence-electron chi connectivity index (χ0n) is 15.2. The highest BCUT2D eigenvalue weighted by Crippen LogP contribution is 2.17. The van der Waals surface area contributed by atoms with E-state index in [1.807, 2.05) is 75.4 Å². The van der Waals surface area contributed by atoms with Crippen molar-refractivity contribution in [1.82, 2.24) is 4.90 Å². The Morgan fingerprint density at radius 1 is 0.880 bits per heavy atom. The highest BCUT2D eigenvalue weighted by molar-refractivity contribution is 6.05. The summed E-state index contributed by atoms with van der Waals surface area (Å²) in [6.45, 7) is 7.50. The second kappa shape index (κ2) is 9.02. The van der Waals surface area contributed by atoms with Crippen molar-refractivity contribution in [2.75, 3.05) is 18.0 Å². The summed E-state index contributed by atoms with van der Waals surface area (Å²) in [6.07, 6.45) is -0.109. The predicted octanol–water partition coefficient (Wildman–Crippen LogP) is 3.79. The summed E-state index contributed by atoms with van der Waals surface area (Å²) in [6, 6.07) is 17.6. The van der Waals surface area contributed by atoms with E-state index in [2.05, 4.69) is 0 Å². The molecule has 0 atom stereocenters. The van der Waals surface area contributed by atoms with Gasteiger partial charge in [-0.25, -0.2) is 0 Å². The molecule has 0 bridgehead atoms. The minimum absolute atomic E-state index is 0.109. The molecular weight excluding hydrogens is 312 g/mol. The van der Waals surface area contributed by atoms with Gasteiger partial charge in [0.1, 0.15) is 6.42 Å². The third kappa shape index (κ3) is 5.18. The summed E-state index contributed by atoms with van der Waals surface area (Å²) < 4.78 is 0. The van der Waals surface area contributed by atoms with Crippen molar-refractivity contribution in [1.29, 1.82) is 0 Å². The standard InChI is InChI=1S/C21H26N2O2/c1-4-22(16-18-11-7-6-8-12-18)20(24)15-21(25)23(5-2)19-13-9-10-17(3)14-19/h6-14H,4-5,15-16H2,1-3H3. The molecule has 0 saturated carbocycles. The van der Waals surface area contributed by atoms with Crippen LogP contribution < -0.4 is 4.90 Å². The lowest BCUT2D eigenvalue weighted by Crippen LogP contribution is -2.37.